The maximum Gasteiger partial charge on any atom is 0.263 e. The van der Waals surface area contributed by atoms with Crippen molar-refractivity contribution < 1.29 is 14.3 Å². The number of nitrogens with zero attached hydrogens (tertiary/aromatic N) is 1. The van der Waals surface area contributed by atoms with Crippen LogP contribution in [0, 0.1) is 6.92 Å². The van der Waals surface area contributed by atoms with E-state index < -0.39 is 0 Å². The lowest BCUT2D eigenvalue weighted by Crippen LogP contribution is -2.25. The van der Waals surface area contributed by atoms with Gasteiger partial charge in [-0.1, -0.05) is 13.0 Å². The number of ether oxygens (including phenoxy) is 2. The molecule has 1 aromatic heterocycles. The molecular weight excluding hydrogens is 310 g/mol. The third-order valence-corrected chi connectivity index (χ3v) is 5.07. The molecule has 2 heterocycles. The first-order valence-corrected chi connectivity index (χ1v) is 8.63. The number of hydrogen-bond acceptors (Lipinski definition) is 4. The van der Waals surface area contributed by atoms with Crippen molar-refractivity contribution in [2.45, 2.75) is 26.8 Å². The molecule has 0 aliphatic carbocycles. The molecule has 1 aliphatic heterocycles. The summed E-state index contributed by atoms with van der Waals surface area (Å²) in [6.07, 6.45) is 0.960. The van der Waals surface area contributed by atoms with Gasteiger partial charge in [0, 0.05) is 18.5 Å². The van der Waals surface area contributed by atoms with Crippen molar-refractivity contribution in [1.29, 1.82) is 0 Å². The zero-order valence-corrected chi connectivity index (χ0v) is 14.5. The Labute approximate surface area is 140 Å². The average Bonchev–Trinajstić information content (AvgIpc) is 2.95. The second-order valence-corrected chi connectivity index (χ2v) is 6.94. The van der Waals surface area contributed by atoms with Crippen molar-refractivity contribution in [2.75, 3.05) is 20.3 Å². The Hall–Kier alpha value is -2.01. The highest BCUT2D eigenvalue weighted by molar-refractivity contribution is 7.14. The molecule has 122 valence electrons. The molecule has 3 rings (SSSR count). The van der Waals surface area contributed by atoms with Gasteiger partial charge < -0.3 is 14.4 Å². The molecule has 0 saturated heterocycles. The zero-order valence-electron chi connectivity index (χ0n) is 13.7. The van der Waals surface area contributed by atoms with Crippen LogP contribution in [0.25, 0.3) is 0 Å². The van der Waals surface area contributed by atoms with Crippen molar-refractivity contribution in [2.24, 2.45) is 0 Å². The van der Waals surface area contributed by atoms with Crippen LogP contribution in [-0.4, -0.2) is 31.1 Å². The Morgan fingerprint density at radius 1 is 1.22 bits per heavy atom. The van der Waals surface area contributed by atoms with Crippen LogP contribution in [0.4, 0.5) is 0 Å². The number of carbonyl (C=O) groups is 1. The number of benzene rings is 1. The molecule has 0 spiro atoms. The lowest BCUT2D eigenvalue weighted by atomic mass is 10.1. The third kappa shape index (κ3) is 3.34. The van der Waals surface area contributed by atoms with Crippen LogP contribution >= 0.6 is 11.3 Å². The molecule has 5 heteroatoms. The molecule has 4 nitrogen and oxygen atoms in total. The highest BCUT2D eigenvalue weighted by Gasteiger charge is 2.17. The number of amides is 1. The van der Waals surface area contributed by atoms with Gasteiger partial charge >= 0.3 is 0 Å². The van der Waals surface area contributed by atoms with Gasteiger partial charge in [0.15, 0.2) is 11.5 Å². The minimum Gasteiger partial charge on any atom is -0.486 e. The van der Waals surface area contributed by atoms with Crippen LogP contribution in [-0.2, 0) is 13.0 Å². The largest absolute Gasteiger partial charge is 0.486 e. The van der Waals surface area contributed by atoms with Crippen molar-refractivity contribution in [1.82, 2.24) is 4.90 Å². The minimum absolute atomic E-state index is 0.0627. The normalized spacial score (nSPS) is 13.0. The molecular formula is C18H21NO3S. The summed E-state index contributed by atoms with van der Waals surface area (Å²) >= 11 is 1.57. The van der Waals surface area contributed by atoms with Crippen molar-refractivity contribution in [3.05, 3.63) is 45.1 Å². The van der Waals surface area contributed by atoms with Crippen LogP contribution < -0.4 is 9.47 Å². The number of rotatable bonds is 4. The summed E-state index contributed by atoms with van der Waals surface area (Å²) in [6.45, 7) is 5.89. The van der Waals surface area contributed by atoms with Crippen molar-refractivity contribution in [3.8, 4) is 11.5 Å². The van der Waals surface area contributed by atoms with Crippen LogP contribution in [0.15, 0.2) is 24.3 Å². The van der Waals surface area contributed by atoms with Gasteiger partial charge in [0.05, 0.1) is 4.88 Å². The Kier molecular flexibility index (Phi) is 4.57. The van der Waals surface area contributed by atoms with Crippen molar-refractivity contribution in [3.63, 3.8) is 0 Å². The lowest BCUT2D eigenvalue weighted by molar-refractivity contribution is 0.0789. The molecule has 0 unspecified atom stereocenters. The summed E-state index contributed by atoms with van der Waals surface area (Å²) in [5, 5.41) is 0. The van der Waals surface area contributed by atoms with Crippen LogP contribution in [0.3, 0.4) is 0 Å². The Balaban J connectivity index is 1.73. The Morgan fingerprint density at radius 2 is 1.96 bits per heavy atom. The van der Waals surface area contributed by atoms with Crippen molar-refractivity contribution >= 4 is 17.2 Å². The number of aryl methyl sites for hydroxylation is 2. The summed E-state index contributed by atoms with van der Waals surface area (Å²) in [5.74, 6) is 1.60. The van der Waals surface area contributed by atoms with Gasteiger partial charge in [-0.2, -0.15) is 0 Å². The minimum atomic E-state index is 0.0627. The predicted octanol–water partition coefficient (Wildman–Crippen LogP) is 3.66. The number of hydrogen-bond donors (Lipinski definition) is 0. The van der Waals surface area contributed by atoms with E-state index in [0.717, 1.165) is 28.4 Å². The predicted molar refractivity (Wildman–Crippen MR) is 91.7 cm³/mol. The van der Waals surface area contributed by atoms with Gasteiger partial charge in [0.2, 0.25) is 0 Å². The summed E-state index contributed by atoms with van der Waals surface area (Å²) in [5.41, 5.74) is 2.29. The summed E-state index contributed by atoms with van der Waals surface area (Å²) in [6, 6.07) is 7.86. The summed E-state index contributed by atoms with van der Waals surface area (Å²) in [4.78, 5) is 16.4. The van der Waals surface area contributed by atoms with Gasteiger partial charge in [-0.3, -0.25) is 4.79 Å². The maximum atomic E-state index is 12.6. The quantitative estimate of drug-likeness (QED) is 0.858. The molecule has 0 saturated carbocycles. The molecule has 0 radical (unpaired) electrons. The maximum absolute atomic E-state index is 12.6. The fourth-order valence-electron chi connectivity index (χ4n) is 2.70. The highest BCUT2D eigenvalue weighted by atomic mass is 32.1. The van der Waals surface area contributed by atoms with Gasteiger partial charge in [-0.15, -0.1) is 11.3 Å². The first-order chi connectivity index (χ1) is 11.1. The molecule has 2 aromatic rings. The standard InChI is InChI=1S/C18H21NO3S/c1-4-14-10-17(23-12(14)2)18(20)19(3)11-13-5-6-15-16(9-13)22-8-7-21-15/h5-6,9-10H,4,7-8,11H2,1-3H3. The number of thiophene rings is 1. The van der Waals surface area contributed by atoms with E-state index in [2.05, 4.69) is 13.8 Å². The van der Waals surface area contributed by atoms with Gasteiger partial charge in [-0.25, -0.2) is 0 Å². The topological polar surface area (TPSA) is 38.8 Å². The number of fused-ring (bicyclic) bond motifs is 1. The molecule has 0 N–H and O–H groups in total. The summed E-state index contributed by atoms with van der Waals surface area (Å²) in [7, 11) is 1.83. The molecule has 23 heavy (non-hydrogen) atoms. The molecule has 1 aliphatic rings. The number of carbonyl (C=O) groups excluding carboxylic acids is 1. The molecule has 0 fully saturated rings. The van der Waals surface area contributed by atoms with Gasteiger partial charge in [0.1, 0.15) is 13.2 Å². The molecule has 1 amide bonds. The van der Waals surface area contributed by atoms with E-state index in [-0.39, 0.29) is 5.91 Å². The van der Waals surface area contributed by atoms with E-state index in [4.69, 9.17) is 9.47 Å². The van der Waals surface area contributed by atoms with Crippen LogP contribution in [0.5, 0.6) is 11.5 Å². The molecule has 0 bridgehead atoms. The second-order valence-electron chi connectivity index (χ2n) is 5.68. The fourth-order valence-corrected chi connectivity index (χ4v) is 3.80. The first kappa shape index (κ1) is 15.9. The van der Waals surface area contributed by atoms with E-state index in [9.17, 15) is 4.79 Å². The second kappa shape index (κ2) is 6.62. The van der Waals surface area contributed by atoms with Crippen LogP contribution in [0.1, 0.15) is 32.6 Å². The van der Waals surface area contributed by atoms with E-state index in [1.165, 1.54) is 10.4 Å². The third-order valence-electron chi connectivity index (χ3n) is 3.99. The first-order valence-electron chi connectivity index (χ1n) is 7.81. The highest BCUT2D eigenvalue weighted by Crippen LogP contribution is 2.31. The van der Waals surface area contributed by atoms with E-state index in [1.54, 1.807) is 16.2 Å². The van der Waals surface area contributed by atoms with E-state index in [1.807, 2.05) is 31.3 Å². The van der Waals surface area contributed by atoms with Gasteiger partial charge in [-0.05, 0) is 42.7 Å². The average molecular weight is 331 g/mol. The Morgan fingerprint density at radius 3 is 2.65 bits per heavy atom. The smallest absolute Gasteiger partial charge is 0.263 e. The molecule has 0 atom stereocenters. The fraction of sp³-hybridized carbons (Fsp3) is 0.389. The SMILES string of the molecule is CCc1cc(C(=O)N(C)Cc2ccc3c(c2)OCCO3)sc1C. The Bertz CT molecular complexity index is 723. The summed E-state index contributed by atoms with van der Waals surface area (Å²) < 4.78 is 11.1. The van der Waals surface area contributed by atoms with Gasteiger partial charge in [0.25, 0.3) is 5.91 Å². The van der Waals surface area contributed by atoms with Crippen LogP contribution in [0.2, 0.25) is 0 Å². The monoisotopic (exact) mass is 331 g/mol. The van der Waals surface area contributed by atoms with E-state index >= 15 is 0 Å². The molecule has 1 aromatic carbocycles. The van der Waals surface area contributed by atoms with E-state index in [0.29, 0.717) is 19.8 Å². The lowest BCUT2D eigenvalue weighted by Gasteiger charge is -2.21. The zero-order chi connectivity index (χ0) is 16.4.